The Morgan fingerprint density at radius 1 is 1.05 bits per heavy atom. The van der Waals surface area contributed by atoms with Gasteiger partial charge in [-0.05, 0) is 15.9 Å². The highest BCUT2D eigenvalue weighted by atomic mass is 79.9. The van der Waals surface area contributed by atoms with Crippen LogP contribution in [0.4, 0.5) is 0 Å². The average Bonchev–Trinajstić information content (AvgIpc) is 2.43. The molecule has 0 saturated carbocycles. The predicted molar refractivity (Wildman–Crippen MR) is 75.2 cm³/mol. The van der Waals surface area contributed by atoms with Gasteiger partial charge in [-0.1, -0.05) is 6.58 Å². The van der Waals surface area contributed by atoms with Crippen molar-refractivity contribution in [3.8, 4) is 24.3 Å². The van der Waals surface area contributed by atoms with E-state index in [0.717, 1.165) is 6.26 Å². The summed E-state index contributed by atoms with van der Waals surface area (Å²) in [6, 6.07) is 7.14. The molecule has 1 N–H and O–H groups in total. The number of benzene rings is 1. The first-order chi connectivity index (χ1) is 9.80. The number of nitrogens with zero attached hydrogens (tertiary/aromatic N) is 4. The number of hydrogen-bond donors (Lipinski definition) is 1. The van der Waals surface area contributed by atoms with Crippen LogP contribution in [0.3, 0.4) is 0 Å². The zero-order valence-corrected chi connectivity index (χ0v) is 12.4. The van der Waals surface area contributed by atoms with Gasteiger partial charge in [-0.25, -0.2) is 0 Å². The van der Waals surface area contributed by atoms with Gasteiger partial charge in [0.1, 0.15) is 24.3 Å². The number of alkyl halides is 1. The number of rotatable bonds is 2. The van der Waals surface area contributed by atoms with Crippen molar-refractivity contribution >= 4 is 28.8 Å². The van der Waals surface area contributed by atoms with Gasteiger partial charge in [0.25, 0.3) is 4.70 Å². The lowest BCUT2D eigenvalue weighted by Crippen LogP contribution is -2.27. The maximum Gasteiger partial charge on any atom is 0.261 e. The van der Waals surface area contributed by atoms with Crippen LogP contribution in [0.25, 0.3) is 12.8 Å². The lowest BCUT2D eigenvalue weighted by atomic mass is 9.95. The van der Waals surface area contributed by atoms with E-state index >= 15 is 0 Å². The van der Waals surface area contributed by atoms with Gasteiger partial charge in [-0.2, -0.15) is 21.0 Å². The lowest BCUT2D eigenvalue weighted by Gasteiger charge is -2.14. The minimum Gasteiger partial charge on any atom is -0.460 e. The van der Waals surface area contributed by atoms with Crippen LogP contribution in [0.1, 0.15) is 29.2 Å². The van der Waals surface area contributed by atoms with E-state index in [1.807, 2.05) is 0 Å². The quantitative estimate of drug-likeness (QED) is 0.612. The molecule has 1 aromatic carbocycles. The number of hydrogen-bond acceptors (Lipinski definition) is 6. The Morgan fingerprint density at radius 3 is 1.71 bits per heavy atom. The van der Waals surface area contributed by atoms with Gasteiger partial charge in [-0.15, -0.1) is 0 Å². The summed E-state index contributed by atoms with van der Waals surface area (Å²) in [5.74, 6) is 0. The summed E-state index contributed by atoms with van der Waals surface area (Å²) >= 11 is 2.81. The zero-order valence-electron chi connectivity index (χ0n) is 10.8. The highest BCUT2D eigenvalue weighted by Gasteiger charge is 2.18. The largest absolute Gasteiger partial charge is 0.460 e. The Kier molecular flexibility index (Phi) is 4.69. The monoisotopic (exact) mass is 342 g/mol. The van der Waals surface area contributed by atoms with Gasteiger partial charge < -0.3 is 9.84 Å². The van der Waals surface area contributed by atoms with E-state index in [0.29, 0.717) is 0 Å². The molecule has 21 heavy (non-hydrogen) atoms. The zero-order chi connectivity index (χ0) is 16.2. The Morgan fingerprint density at radius 2 is 1.43 bits per heavy atom. The van der Waals surface area contributed by atoms with Crippen LogP contribution in [0.5, 0.6) is 0 Å². The second-order valence-corrected chi connectivity index (χ2v) is 5.42. The molecule has 0 aliphatic rings. The minimum absolute atomic E-state index is 0.0100. The van der Waals surface area contributed by atoms with Crippen LogP contribution in [-0.4, -0.2) is 9.80 Å². The number of aliphatic hydroxyl groups is 1. The van der Waals surface area contributed by atoms with Crippen LogP contribution in [0, 0.1) is 45.3 Å². The smallest absolute Gasteiger partial charge is 0.261 e. The summed E-state index contributed by atoms with van der Waals surface area (Å²) in [5, 5.41) is 46.1. The molecular formula is C14H7BrN4O2. The standard InChI is InChI=1S/C14H7BrN4O2/c1-8-9(3-16)11(5-18)13(7-21-14(2,15)20)12(6-19)10(8)4-17/h7,20H,1H2,2H3. The summed E-state index contributed by atoms with van der Waals surface area (Å²) < 4.78 is 3.22. The van der Waals surface area contributed by atoms with Crippen molar-refractivity contribution in [2.75, 3.05) is 0 Å². The molecule has 7 heteroatoms. The Balaban J connectivity index is 4.01. The molecule has 0 aromatic heterocycles. The molecule has 0 spiro atoms. The minimum atomic E-state index is -1.73. The highest BCUT2D eigenvalue weighted by Crippen LogP contribution is 2.14. The Hall–Kier alpha value is -2.84. The molecule has 1 atom stereocenters. The molecule has 0 heterocycles. The van der Waals surface area contributed by atoms with Crippen LogP contribution in [-0.2, 0) is 4.74 Å². The predicted octanol–water partition coefficient (Wildman–Crippen LogP) is 0.399. The Labute approximate surface area is 128 Å². The first-order valence-corrected chi connectivity index (χ1v) is 6.18. The van der Waals surface area contributed by atoms with E-state index in [1.54, 1.807) is 24.3 Å². The van der Waals surface area contributed by atoms with Crippen molar-refractivity contribution in [1.29, 1.82) is 21.0 Å². The van der Waals surface area contributed by atoms with Crippen molar-refractivity contribution in [2.24, 2.45) is 0 Å². The summed E-state index contributed by atoms with van der Waals surface area (Å²) in [7, 11) is 0. The summed E-state index contributed by atoms with van der Waals surface area (Å²) in [6.07, 6.45) is 0.951. The average molecular weight is 343 g/mol. The van der Waals surface area contributed by atoms with E-state index in [-0.39, 0.29) is 32.7 Å². The van der Waals surface area contributed by atoms with Crippen molar-refractivity contribution in [1.82, 2.24) is 0 Å². The fraction of sp³-hybridized carbons (Fsp3) is 0.143. The fourth-order valence-electron chi connectivity index (χ4n) is 1.58. The summed E-state index contributed by atoms with van der Waals surface area (Å²) in [6.45, 7) is 4.84. The first-order valence-electron chi connectivity index (χ1n) is 5.39. The van der Waals surface area contributed by atoms with Crippen molar-refractivity contribution in [3.63, 3.8) is 0 Å². The molecule has 0 amide bonds. The van der Waals surface area contributed by atoms with Crippen LogP contribution in [0.15, 0.2) is 0 Å². The number of ether oxygens (including phenoxy) is 1. The normalized spacial score (nSPS) is 12.0. The SMILES string of the molecule is C=c1c(C#N)c(C#N)c(=COC(C)(O)Br)c(C#N)c1C#N. The van der Waals surface area contributed by atoms with E-state index in [4.69, 9.17) is 15.3 Å². The molecule has 1 unspecified atom stereocenters. The molecule has 0 fully saturated rings. The van der Waals surface area contributed by atoms with Crippen molar-refractivity contribution in [3.05, 3.63) is 32.7 Å². The number of nitriles is 4. The molecule has 102 valence electrons. The molecule has 0 saturated heterocycles. The molecule has 0 radical (unpaired) electrons. The third kappa shape index (κ3) is 3.19. The van der Waals surface area contributed by atoms with E-state index in [1.165, 1.54) is 6.92 Å². The Bertz CT molecular complexity index is 812. The highest BCUT2D eigenvalue weighted by molar-refractivity contribution is 9.09. The molecule has 1 aromatic rings. The second kappa shape index (κ2) is 6.07. The number of halogens is 1. The molecule has 0 bridgehead atoms. The lowest BCUT2D eigenvalue weighted by molar-refractivity contribution is -0.0444. The topological polar surface area (TPSA) is 125 Å². The van der Waals surface area contributed by atoms with Gasteiger partial charge in [0.2, 0.25) is 0 Å². The van der Waals surface area contributed by atoms with Gasteiger partial charge in [0, 0.05) is 17.4 Å². The first kappa shape index (κ1) is 16.2. The second-order valence-electron chi connectivity index (χ2n) is 3.94. The van der Waals surface area contributed by atoms with E-state index in [9.17, 15) is 15.6 Å². The van der Waals surface area contributed by atoms with Gasteiger partial charge in [0.05, 0.1) is 28.5 Å². The van der Waals surface area contributed by atoms with E-state index < -0.39 is 4.70 Å². The van der Waals surface area contributed by atoms with Gasteiger partial charge in [-0.3, -0.25) is 0 Å². The van der Waals surface area contributed by atoms with Crippen LogP contribution in [0.2, 0.25) is 0 Å². The fourth-order valence-corrected chi connectivity index (χ4v) is 1.68. The maximum atomic E-state index is 9.47. The third-order valence-corrected chi connectivity index (χ3v) is 2.67. The summed E-state index contributed by atoms with van der Waals surface area (Å²) in [4.78, 5) is 0. The van der Waals surface area contributed by atoms with Crippen LogP contribution >= 0.6 is 15.9 Å². The molecule has 0 aliphatic carbocycles. The van der Waals surface area contributed by atoms with Crippen LogP contribution < -0.4 is 10.4 Å². The van der Waals surface area contributed by atoms with Gasteiger partial charge in [0.15, 0.2) is 0 Å². The molecule has 6 nitrogen and oxygen atoms in total. The maximum absolute atomic E-state index is 9.47. The molecular weight excluding hydrogens is 336 g/mol. The van der Waals surface area contributed by atoms with Crippen molar-refractivity contribution < 1.29 is 9.84 Å². The van der Waals surface area contributed by atoms with E-state index in [2.05, 4.69) is 22.5 Å². The summed E-state index contributed by atoms with van der Waals surface area (Å²) in [5.41, 5.74) is -0.515. The molecule has 0 aliphatic heterocycles. The molecule has 1 rings (SSSR count). The van der Waals surface area contributed by atoms with Crippen molar-refractivity contribution in [2.45, 2.75) is 11.6 Å². The third-order valence-electron chi connectivity index (χ3n) is 2.48. The van der Waals surface area contributed by atoms with Gasteiger partial charge >= 0.3 is 0 Å².